The van der Waals surface area contributed by atoms with Gasteiger partial charge in [0, 0.05) is 6.42 Å². The minimum Gasteiger partial charge on any atom is -0.296 e. The molecular formula is C17H21NO2. The molecule has 0 aromatic heterocycles. The summed E-state index contributed by atoms with van der Waals surface area (Å²) >= 11 is 0. The van der Waals surface area contributed by atoms with Gasteiger partial charge in [0.25, 0.3) is 0 Å². The normalized spacial score (nSPS) is 33.5. The van der Waals surface area contributed by atoms with Crippen molar-refractivity contribution < 1.29 is 9.59 Å². The SMILES string of the molecule is Cc1cccc(C2C(=O)NC(=O)CC23CCCC3C)c1. The number of carbonyl (C=O) groups is 2. The molecule has 2 fully saturated rings. The Morgan fingerprint density at radius 1 is 1.30 bits per heavy atom. The second-order valence-electron chi connectivity index (χ2n) is 6.46. The van der Waals surface area contributed by atoms with Crippen LogP contribution in [0.1, 0.15) is 49.7 Å². The Morgan fingerprint density at radius 3 is 2.75 bits per heavy atom. The van der Waals surface area contributed by atoms with Crippen molar-refractivity contribution in [2.75, 3.05) is 0 Å². The average molecular weight is 271 g/mol. The zero-order valence-electron chi connectivity index (χ0n) is 12.1. The van der Waals surface area contributed by atoms with Crippen molar-refractivity contribution in [3.63, 3.8) is 0 Å². The predicted molar refractivity (Wildman–Crippen MR) is 77.1 cm³/mol. The maximum atomic E-state index is 12.5. The van der Waals surface area contributed by atoms with Crippen LogP contribution in [0.3, 0.4) is 0 Å². The van der Waals surface area contributed by atoms with Crippen LogP contribution in [0.5, 0.6) is 0 Å². The highest BCUT2D eigenvalue weighted by Gasteiger charge is 2.53. The molecule has 1 aliphatic carbocycles. The van der Waals surface area contributed by atoms with Crippen molar-refractivity contribution in [2.24, 2.45) is 11.3 Å². The third-order valence-electron chi connectivity index (χ3n) is 5.23. The number of amides is 2. The zero-order valence-corrected chi connectivity index (χ0v) is 12.1. The smallest absolute Gasteiger partial charge is 0.234 e. The fourth-order valence-corrected chi connectivity index (χ4v) is 4.21. The molecule has 106 valence electrons. The zero-order chi connectivity index (χ0) is 14.3. The Morgan fingerprint density at radius 2 is 2.10 bits per heavy atom. The molecule has 1 aromatic rings. The lowest BCUT2D eigenvalue weighted by molar-refractivity contribution is -0.141. The standard InChI is InChI=1S/C17H21NO2/c1-11-5-3-7-13(9-11)15-16(20)18-14(19)10-17(15)8-4-6-12(17)2/h3,5,7,9,12,15H,4,6,8,10H2,1-2H3,(H,18,19,20). The van der Waals surface area contributed by atoms with Crippen LogP contribution in [0.4, 0.5) is 0 Å². The summed E-state index contributed by atoms with van der Waals surface area (Å²) in [7, 11) is 0. The van der Waals surface area contributed by atoms with Crippen molar-refractivity contribution in [2.45, 2.75) is 45.4 Å². The molecule has 3 nitrogen and oxygen atoms in total. The molecule has 1 aromatic carbocycles. The van der Waals surface area contributed by atoms with Gasteiger partial charge in [-0.2, -0.15) is 0 Å². The predicted octanol–water partition coefficient (Wildman–Crippen LogP) is 2.93. The molecule has 1 saturated heterocycles. The molecule has 1 aliphatic heterocycles. The quantitative estimate of drug-likeness (QED) is 0.798. The largest absolute Gasteiger partial charge is 0.296 e. The van der Waals surface area contributed by atoms with E-state index in [0.29, 0.717) is 12.3 Å². The second kappa shape index (κ2) is 4.72. The molecular weight excluding hydrogens is 250 g/mol. The molecule has 1 N–H and O–H groups in total. The molecule has 1 heterocycles. The van der Waals surface area contributed by atoms with Crippen molar-refractivity contribution >= 4 is 11.8 Å². The van der Waals surface area contributed by atoms with Crippen molar-refractivity contribution in [1.82, 2.24) is 5.32 Å². The van der Waals surface area contributed by atoms with Gasteiger partial charge in [0.15, 0.2) is 0 Å². The summed E-state index contributed by atoms with van der Waals surface area (Å²) in [5.74, 6) is 0.0221. The van der Waals surface area contributed by atoms with Gasteiger partial charge in [-0.3, -0.25) is 14.9 Å². The molecule has 1 spiro atoms. The van der Waals surface area contributed by atoms with E-state index in [4.69, 9.17) is 0 Å². The lowest BCUT2D eigenvalue weighted by atomic mass is 9.62. The highest BCUT2D eigenvalue weighted by Crippen LogP contribution is 2.56. The maximum Gasteiger partial charge on any atom is 0.234 e. The molecule has 0 bridgehead atoms. The number of benzene rings is 1. The molecule has 20 heavy (non-hydrogen) atoms. The van der Waals surface area contributed by atoms with Gasteiger partial charge in [-0.1, -0.05) is 49.6 Å². The van der Waals surface area contributed by atoms with Gasteiger partial charge in [0.05, 0.1) is 5.92 Å². The third kappa shape index (κ3) is 1.96. The van der Waals surface area contributed by atoms with Gasteiger partial charge in [0.1, 0.15) is 0 Å². The molecule has 1 saturated carbocycles. The first kappa shape index (κ1) is 13.3. The first-order valence-corrected chi connectivity index (χ1v) is 7.43. The van der Waals surface area contributed by atoms with Gasteiger partial charge in [-0.15, -0.1) is 0 Å². The van der Waals surface area contributed by atoms with Crippen LogP contribution in [0.2, 0.25) is 0 Å². The van der Waals surface area contributed by atoms with Crippen molar-refractivity contribution in [3.8, 4) is 0 Å². The molecule has 0 radical (unpaired) electrons. The van der Waals surface area contributed by atoms with Gasteiger partial charge in [-0.05, 0) is 30.2 Å². The third-order valence-corrected chi connectivity index (χ3v) is 5.23. The number of hydrogen-bond acceptors (Lipinski definition) is 2. The first-order chi connectivity index (χ1) is 9.53. The lowest BCUT2D eigenvalue weighted by Gasteiger charge is -2.43. The summed E-state index contributed by atoms with van der Waals surface area (Å²) in [6.07, 6.45) is 3.69. The Bertz CT molecular complexity index is 566. The summed E-state index contributed by atoms with van der Waals surface area (Å²) < 4.78 is 0. The van der Waals surface area contributed by atoms with E-state index in [2.05, 4.69) is 18.3 Å². The van der Waals surface area contributed by atoms with Crippen molar-refractivity contribution in [1.29, 1.82) is 0 Å². The van der Waals surface area contributed by atoms with E-state index in [0.717, 1.165) is 30.4 Å². The van der Waals surface area contributed by atoms with Crippen LogP contribution < -0.4 is 5.32 Å². The van der Waals surface area contributed by atoms with Crippen LogP contribution in [0.25, 0.3) is 0 Å². The fraction of sp³-hybridized carbons (Fsp3) is 0.529. The van der Waals surface area contributed by atoms with E-state index in [1.54, 1.807) is 0 Å². The molecule has 2 aliphatic rings. The van der Waals surface area contributed by atoms with E-state index in [-0.39, 0.29) is 23.1 Å². The Balaban J connectivity index is 2.09. The number of rotatable bonds is 1. The van der Waals surface area contributed by atoms with E-state index >= 15 is 0 Å². The number of nitrogens with one attached hydrogen (secondary N) is 1. The van der Waals surface area contributed by atoms with E-state index in [1.807, 2.05) is 25.1 Å². The van der Waals surface area contributed by atoms with Crippen LogP contribution in [0, 0.1) is 18.3 Å². The summed E-state index contributed by atoms with van der Waals surface area (Å²) in [5, 5.41) is 2.54. The average Bonchev–Trinajstić information content (AvgIpc) is 2.70. The second-order valence-corrected chi connectivity index (χ2v) is 6.46. The number of aryl methyl sites for hydroxylation is 1. The molecule has 3 heteroatoms. The topological polar surface area (TPSA) is 46.2 Å². The van der Waals surface area contributed by atoms with Gasteiger partial charge < -0.3 is 0 Å². The first-order valence-electron chi connectivity index (χ1n) is 7.43. The number of carbonyl (C=O) groups excluding carboxylic acids is 2. The number of imide groups is 1. The summed E-state index contributed by atoms with van der Waals surface area (Å²) in [5.41, 5.74) is 2.05. The molecule has 3 atom stereocenters. The van der Waals surface area contributed by atoms with Gasteiger partial charge in [0.2, 0.25) is 11.8 Å². The minimum atomic E-state index is -0.183. The summed E-state index contributed by atoms with van der Waals surface area (Å²) in [4.78, 5) is 24.4. The monoisotopic (exact) mass is 271 g/mol. The van der Waals surface area contributed by atoms with Gasteiger partial charge >= 0.3 is 0 Å². The fourth-order valence-electron chi connectivity index (χ4n) is 4.21. The number of piperidine rings is 1. The van der Waals surface area contributed by atoms with Crippen LogP contribution in [0.15, 0.2) is 24.3 Å². The highest BCUT2D eigenvalue weighted by molar-refractivity contribution is 6.02. The van der Waals surface area contributed by atoms with E-state index < -0.39 is 0 Å². The Labute approximate surface area is 119 Å². The lowest BCUT2D eigenvalue weighted by Crippen LogP contribution is -2.51. The highest BCUT2D eigenvalue weighted by atomic mass is 16.2. The molecule has 2 amide bonds. The van der Waals surface area contributed by atoms with Gasteiger partial charge in [-0.25, -0.2) is 0 Å². The summed E-state index contributed by atoms with van der Waals surface area (Å²) in [6.45, 7) is 4.24. The van der Waals surface area contributed by atoms with E-state index in [1.165, 1.54) is 0 Å². The molecule has 3 rings (SSSR count). The van der Waals surface area contributed by atoms with Crippen molar-refractivity contribution in [3.05, 3.63) is 35.4 Å². The van der Waals surface area contributed by atoms with Crippen LogP contribution >= 0.6 is 0 Å². The molecule has 3 unspecified atom stereocenters. The van der Waals surface area contributed by atoms with E-state index in [9.17, 15) is 9.59 Å². The Kier molecular flexibility index (Phi) is 3.15. The maximum absolute atomic E-state index is 12.5. The minimum absolute atomic E-state index is 0.104. The summed E-state index contributed by atoms with van der Waals surface area (Å²) in [6, 6.07) is 8.16. The van der Waals surface area contributed by atoms with Crippen LogP contribution in [-0.4, -0.2) is 11.8 Å². The van der Waals surface area contributed by atoms with Crippen LogP contribution in [-0.2, 0) is 9.59 Å². The number of hydrogen-bond donors (Lipinski definition) is 1. The Hall–Kier alpha value is -1.64.